The van der Waals surface area contributed by atoms with Crippen LogP contribution in [-0.4, -0.2) is 28.7 Å². The topological polar surface area (TPSA) is 70.1 Å². The first kappa shape index (κ1) is 19.2. The number of hydrogen-bond donors (Lipinski definition) is 1. The maximum atomic E-state index is 12.2. The SMILES string of the molecule is CCCCc1c(-c2cccnc2)c(C(N)=O)c(C)n1CCCOCC. The summed E-state index contributed by atoms with van der Waals surface area (Å²) in [5.74, 6) is -0.377. The highest BCUT2D eigenvalue weighted by molar-refractivity contribution is 6.02. The molecule has 0 saturated carbocycles. The van der Waals surface area contributed by atoms with Crippen LogP contribution in [0.4, 0.5) is 0 Å². The Morgan fingerprint density at radius 2 is 2.12 bits per heavy atom. The lowest BCUT2D eigenvalue weighted by atomic mass is 9.99. The maximum Gasteiger partial charge on any atom is 0.251 e. The van der Waals surface area contributed by atoms with Crippen molar-refractivity contribution in [1.29, 1.82) is 0 Å². The zero-order valence-electron chi connectivity index (χ0n) is 15.5. The Morgan fingerprint density at radius 3 is 2.72 bits per heavy atom. The number of pyridine rings is 1. The van der Waals surface area contributed by atoms with Crippen LogP contribution in [0.5, 0.6) is 0 Å². The molecular weight excluding hydrogens is 314 g/mol. The zero-order chi connectivity index (χ0) is 18.2. The summed E-state index contributed by atoms with van der Waals surface area (Å²) in [5.41, 5.74) is 10.4. The van der Waals surface area contributed by atoms with E-state index in [-0.39, 0.29) is 5.91 Å². The van der Waals surface area contributed by atoms with Gasteiger partial charge in [-0.1, -0.05) is 19.4 Å². The number of unbranched alkanes of at least 4 members (excludes halogenated alkanes) is 1. The fourth-order valence-corrected chi connectivity index (χ4v) is 3.30. The van der Waals surface area contributed by atoms with Gasteiger partial charge in [0, 0.05) is 54.7 Å². The van der Waals surface area contributed by atoms with Crippen molar-refractivity contribution in [2.45, 2.75) is 53.0 Å². The minimum atomic E-state index is -0.377. The number of nitrogens with two attached hydrogens (primary N) is 1. The molecule has 0 bridgehead atoms. The summed E-state index contributed by atoms with van der Waals surface area (Å²) >= 11 is 0. The van der Waals surface area contributed by atoms with Crippen molar-refractivity contribution < 1.29 is 9.53 Å². The number of rotatable bonds is 10. The molecule has 2 aromatic heterocycles. The predicted molar refractivity (Wildman–Crippen MR) is 101 cm³/mol. The highest BCUT2D eigenvalue weighted by Gasteiger charge is 2.24. The second-order valence-corrected chi connectivity index (χ2v) is 6.19. The van der Waals surface area contributed by atoms with Crippen molar-refractivity contribution in [3.05, 3.63) is 41.5 Å². The molecule has 0 radical (unpaired) electrons. The van der Waals surface area contributed by atoms with Gasteiger partial charge in [-0.3, -0.25) is 9.78 Å². The number of hydrogen-bond acceptors (Lipinski definition) is 3. The number of carbonyl (C=O) groups is 1. The molecule has 25 heavy (non-hydrogen) atoms. The van der Waals surface area contributed by atoms with Crippen molar-refractivity contribution in [3.8, 4) is 11.1 Å². The van der Waals surface area contributed by atoms with E-state index in [2.05, 4.69) is 16.5 Å². The van der Waals surface area contributed by atoms with Crippen LogP contribution in [0.3, 0.4) is 0 Å². The predicted octanol–water partition coefficient (Wildman–Crippen LogP) is 3.73. The molecule has 0 saturated heterocycles. The van der Waals surface area contributed by atoms with Crippen molar-refractivity contribution >= 4 is 5.91 Å². The summed E-state index contributed by atoms with van der Waals surface area (Å²) in [7, 11) is 0. The normalized spacial score (nSPS) is 11.0. The lowest BCUT2D eigenvalue weighted by Crippen LogP contribution is -2.14. The van der Waals surface area contributed by atoms with Gasteiger partial charge in [0.2, 0.25) is 0 Å². The smallest absolute Gasteiger partial charge is 0.251 e. The Bertz CT molecular complexity index is 693. The Hall–Kier alpha value is -2.14. The lowest BCUT2D eigenvalue weighted by Gasteiger charge is -2.13. The van der Waals surface area contributed by atoms with Crippen LogP contribution < -0.4 is 5.73 Å². The molecule has 0 atom stereocenters. The standard InChI is InChI=1S/C20H29N3O2/c1-4-6-10-17-19(16-9-7-11-22-14-16)18(20(21)24)15(3)23(17)12-8-13-25-5-2/h7,9,11,14H,4-6,8,10,12-13H2,1-3H3,(H2,21,24). The fourth-order valence-electron chi connectivity index (χ4n) is 3.30. The fraction of sp³-hybridized carbons (Fsp3) is 0.500. The third kappa shape index (κ3) is 4.48. The molecule has 5 nitrogen and oxygen atoms in total. The van der Waals surface area contributed by atoms with Crippen molar-refractivity contribution in [1.82, 2.24) is 9.55 Å². The zero-order valence-corrected chi connectivity index (χ0v) is 15.5. The molecule has 2 aromatic rings. The van der Waals surface area contributed by atoms with Gasteiger partial charge >= 0.3 is 0 Å². The quantitative estimate of drug-likeness (QED) is 0.668. The monoisotopic (exact) mass is 343 g/mol. The number of primary amides is 1. The maximum absolute atomic E-state index is 12.2. The first-order valence-corrected chi connectivity index (χ1v) is 9.11. The molecule has 0 unspecified atom stereocenters. The van der Waals surface area contributed by atoms with Gasteiger partial charge in [0.15, 0.2) is 0 Å². The van der Waals surface area contributed by atoms with Crippen LogP contribution in [-0.2, 0) is 17.7 Å². The molecule has 2 rings (SSSR count). The number of amides is 1. The summed E-state index contributed by atoms with van der Waals surface area (Å²) in [6, 6.07) is 3.89. The molecule has 136 valence electrons. The Labute approximate surface area is 150 Å². The molecule has 1 amide bonds. The van der Waals surface area contributed by atoms with Gasteiger partial charge in [-0.2, -0.15) is 0 Å². The van der Waals surface area contributed by atoms with Crippen LogP contribution in [0.25, 0.3) is 11.1 Å². The van der Waals surface area contributed by atoms with Gasteiger partial charge < -0.3 is 15.0 Å². The summed E-state index contributed by atoms with van der Waals surface area (Å²) in [4.78, 5) is 16.4. The van der Waals surface area contributed by atoms with Crippen LogP contribution in [0.15, 0.2) is 24.5 Å². The summed E-state index contributed by atoms with van der Waals surface area (Å²) in [6.45, 7) is 8.42. The van der Waals surface area contributed by atoms with Gasteiger partial charge in [-0.15, -0.1) is 0 Å². The van der Waals surface area contributed by atoms with E-state index in [1.165, 1.54) is 5.69 Å². The van der Waals surface area contributed by atoms with Crippen molar-refractivity contribution in [2.75, 3.05) is 13.2 Å². The second kappa shape index (κ2) is 9.37. The van der Waals surface area contributed by atoms with Gasteiger partial charge in [-0.25, -0.2) is 0 Å². The average molecular weight is 343 g/mol. The highest BCUT2D eigenvalue weighted by atomic mass is 16.5. The molecule has 5 heteroatoms. The van der Waals surface area contributed by atoms with Crippen molar-refractivity contribution in [3.63, 3.8) is 0 Å². The van der Waals surface area contributed by atoms with Crippen LogP contribution in [0.2, 0.25) is 0 Å². The number of aromatic nitrogens is 2. The van der Waals surface area contributed by atoms with E-state index >= 15 is 0 Å². The Morgan fingerprint density at radius 1 is 1.32 bits per heavy atom. The Kier molecular flexibility index (Phi) is 7.19. The number of ether oxygens (including phenoxy) is 1. The molecule has 2 N–H and O–H groups in total. The average Bonchev–Trinajstić information content (AvgIpc) is 2.89. The van der Waals surface area contributed by atoms with Gasteiger partial charge in [0.25, 0.3) is 5.91 Å². The van der Waals surface area contributed by atoms with E-state index in [1.54, 1.807) is 12.4 Å². The van der Waals surface area contributed by atoms with Gasteiger partial charge in [-0.05, 0) is 39.2 Å². The lowest BCUT2D eigenvalue weighted by molar-refractivity contribution is 0.1000. The molecule has 0 aromatic carbocycles. The molecular formula is C20H29N3O2. The van der Waals surface area contributed by atoms with Gasteiger partial charge in [0.1, 0.15) is 0 Å². The highest BCUT2D eigenvalue weighted by Crippen LogP contribution is 2.33. The van der Waals surface area contributed by atoms with Gasteiger partial charge in [0.05, 0.1) is 5.56 Å². The van der Waals surface area contributed by atoms with Crippen LogP contribution >= 0.6 is 0 Å². The largest absolute Gasteiger partial charge is 0.382 e. The first-order valence-electron chi connectivity index (χ1n) is 9.11. The molecule has 0 aliphatic carbocycles. The molecule has 0 aliphatic rings. The molecule has 0 fully saturated rings. The third-order valence-electron chi connectivity index (χ3n) is 4.47. The van der Waals surface area contributed by atoms with E-state index < -0.39 is 0 Å². The third-order valence-corrected chi connectivity index (χ3v) is 4.47. The van der Waals surface area contributed by atoms with E-state index in [9.17, 15) is 4.79 Å². The van der Waals surface area contributed by atoms with E-state index in [0.29, 0.717) is 5.56 Å². The van der Waals surface area contributed by atoms with E-state index in [4.69, 9.17) is 10.5 Å². The second-order valence-electron chi connectivity index (χ2n) is 6.19. The Balaban J connectivity index is 2.52. The first-order chi connectivity index (χ1) is 12.1. The van der Waals surface area contributed by atoms with E-state index in [0.717, 1.165) is 62.3 Å². The van der Waals surface area contributed by atoms with Crippen LogP contribution in [0, 0.1) is 6.92 Å². The molecule has 0 spiro atoms. The van der Waals surface area contributed by atoms with Crippen molar-refractivity contribution in [2.24, 2.45) is 5.73 Å². The number of nitrogens with zero attached hydrogens (tertiary/aromatic N) is 2. The van der Waals surface area contributed by atoms with Crippen LogP contribution in [0.1, 0.15) is 54.9 Å². The number of carbonyl (C=O) groups excluding carboxylic acids is 1. The molecule has 0 aliphatic heterocycles. The summed E-state index contributed by atoms with van der Waals surface area (Å²) in [5, 5.41) is 0. The summed E-state index contributed by atoms with van der Waals surface area (Å²) in [6.07, 6.45) is 7.55. The van der Waals surface area contributed by atoms with E-state index in [1.807, 2.05) is 26.0 Å². The molecule has 2 heterocycles. The minimum absolute atomic E-state index is 0.377. The minimum Gasteiger partial charge on any atom is -0.382 e. The summed E-state index contributed by atoms with van der Waals surface area (Å²) < 4.78 is 7.72.